The zero-order valence-electron chi connectivity index (χ0n) is 12.5. The van der Waals surface area contributed by atoms with E-state index in [0.29, 0.717) is 0 Å². The number of amides is 1. The van der Waals surface area contributed by atoms with Gasteiger partial charge in [0, 0.05) is 18.5 Å². The quantitative estimate of drug-likeness (QED) is 0.832. The van der Waals surface area contributed by atoms with Crippen LogP contribution < -0.4 is 4.90 Å². The Bertz CT molecular complexity index is 563. The monoisotopic (exact) mass is 330 g/mol. The number of carbonyl (C=O) groups is 1. The van der Waals surface area contributed by atoms with Gasteiger partial charge in [-0.25, -0.2) is 8.42 Å². The highest BCUT2D eigenvalue weighted by Crippen LogP contribution is 2.29. The van der Waals surface area contributed by atoms with E-state index in [2.05, 4.69) is 0 Å². The van der Waals surface area contributed by atoms with Gasteiger partial charge in [0.25, 0.3) is 0 Å². The van der Waals surface area contributed by atoms with E-state index in [4.69, 9.17) is 0 Å². The highest BCUT2D eigenvalue weighted by atomic mass is 32.2. The largest absolute Gasteiger partial charge is 0.307 e. The first kappa shape index (κ1) is 16.5. The molecule has 0 spiro atoms. The second-order valence-corrected chi connectivity index (χ2v) is 8.43. The molecule has 1 aliphatic carbocycles. The summed E-state index contributed by atoms with van der Waals surface area (Å²) in [6.07, 6.45) is 6.57. The van der Waals surface area contributed by atoms with Gasteiger partial charge in [0.15, 0.2) is 0 Å². The van der Waals surface area contributed by atoms with Crippen molar-refractivity contribution in [1.82, 2.24) is 4.31 Å². The van der Waals surface area contributed by atoms with Crippen LogP contribution in [-0.4, -0.2) is 44.5 Å². The molecule has 5 nitrogen and oxygen atoms in total. The molecule has 0 radical (unpaired) electrons. The molecule has 21 heavy (non-hydrogen) atoms. The zero-order valence-corrected chi connectivity index (χ0v) is 14.1. The molecule has 0 aromatic carbocycles. The lowest BCUT2D eigenvalue weighted by Gasteiger charge is -2.34. The van der Waals surface area contributed by atoms with Crippen molar-refractivity contribution in [3.8, 4) is 0 Å². The molecule has 7 heteroatoms. The van der Waals surface area contributed by atoms with Gasteiger partial charge in [-0.05, 0) is 24.3 Å². The summed E-state index contributed by atoms with van der Waals surface area (Å²) in [4.78, 5) is 14.4. The molecule has 1 fully saturated rings. The number of hydrogen-bond donors (Lipinski definition) is 0. The Labute approximate surface area is 130 Å². The summed E-state index contributed by atoms with van der Waals surface area (Å²) in [5.74, 6) is -0.145. The second kappa shape index (κ2) is 6.89. The van der Waals surface area contributed by atoms with Gasteiger partial charge >= 0.3 is 0 Å². The number of rotatable bonds is 5. The van der Waals surface area contributed by atoms with Crippen molar-refractivity contribution in [2.75, 3.05) is 24.7 Å². The van der Waals surface area contributed by atoms with Crippen molar-refractivity contribution >= 4 is 33.0 Å². The Morgan fingerprint density at radius 2 is 2.00 bits per heavy atom. The molecule has 118 valence electrons. The maximum atomic E-state index is 12.6. The van der Waals surface area contributed by atoms with Gasteiger partial charge in [0.1, 0.15) is 0 Å². The molecule has 0 aliphatic heterocycles. The van der Waals surface area contributed by atoms with Crippen molar-refractivity contribution in [3.05, 3.63) is 16.8 Å². The number of nitrogens with zero attached hydrogens (tertiary/aromatic N) is 2. The Hall–Kier alpha value is -0.920. The SMILES string of the molecule is CN(CC(=O)N(c1ccsc1)C1CCCCC1)S(C)(=O)=O. The van der Waals surface area contributed by atoms with Gasteiger partial charge in [-0.15, -0.1) is 0 Å². The van der Waals surface area contributed by atoms with Gasteiger partial charge in [-0.3, -0.25) is 4.79 Å². The molecule has 1 amide bonds. The predicted molar refractivity (Wildman–Crippen MR) is 86.2 cm³/mol. The number of thiophene rings is 1. The average Bonchev–Trinajstić information content (AvgIpc) is 2.93. The Balaban J connectivity index is 2.17. The topological polar surface area (TPSA) is 57.7 Å². The summed E-state index contributed by atoms with van der Waals surface area (Å²) in [6.45, 7) is -0.106. The van der Waals surface area contributed by atoms with E-state index in [1.54, 1.807) is 16.2 Å². The minimum Gasteiger partial charge on any atom is -0.307 e. The Morgan fingerprint density at radius 1 is 1.33 bits per heavy atom. The minimum absolute atomic E-state index is 0.106. The van der Waals surface area contributed by atoms with Crippen LogP contribution in [0.3, 0.4) is 0 Å². The van der Waals surface area contributed by atoms with Crippen molar-refractivity contribution in [3.63, 3.8) is 0 Å². The summed E-state index contributed by atoms with van der Waals surface area (Å²) in [5.41, 5.74) is 0.888. The summed E-state index contributed by atoms with van der Waals surface area (Å²) in [5, 5.41) is 3.89. The minimum atomic E-state index is -3.34. The van der Waals surface area contributed by atoms with Crippen LogP contribution in [0.1, 0.15) is 32.1 Å². The van der Waals surface area contributed by atoms with Crippen LogP contribution in [0.4, 0.5) is 5.69 Å². The summed E-state index contributed by atoms with van der Waals surface area (Å²) >= 11 is 1.55. The molecule has 1 aliphatic rings. The third kappa shape index (κ3) is 4.28. The standard InChI is InChI=1S/C14H22N2O3S2/c1-15(21(2,18)19)10-14(17)16(13-8-9-20-11-13)12-6-4-3-5-7-12/h8-9,11-12H,3-7,10H2,1-2H3. The van der Waals surface area contributed by atoms with Crippen LogP contribution >= 0.6 is 11.3 Å². The van der Waals surface area contributed by atoms with E-state index in [9.17, 15) is 13.2 Å². The molecule has 1 saturated carbocycles. The van der Waals surface area contributed by atoms with Crippen molar-refractivity contribution in [1.29, 1.82) is 0 Å². The summed E-state index contributed by atoms with van der Waals surface area (Å²) in [6, 6.07) is 2.12. The number of anilines is 1. The molecule has 0 unspecified atom stereocenters. The number of sulfonamides is 1. The fourth-order valence-electron chi connectivity index (χ4n) is 2.68. The normalized spacial score (nSPS) is 17.1. The number of hydrogen-bond acceptors (Lipinski definition) is 4. The van der Waals surface area contributed by atoms with E-state index >= 15 is 0 Å². The fourth-order valence-corrected chi connectivity index (χ4v) is 3.65. The highest BCUT2D eigenvalue weighted by Gasteiger charge is 2.29. The van der Waals surface area contributed by atoms with Crippen LogP contribution in [0.15, 0.2) is 16.8 Å². The average molecular weight is 330 g/mol. The van der Waals surface area contributed by atoms with E-state index in [0.717, 1.165) is 41.9 Å². The number of likely N-dealkylation sites (N-methyl/N-ethyl adjacent to an activating group) is 1. The van der Waals surface area contributed by atoms with E-state index in [-0.39, 0.29) is 18.5 Å². The van der Waals surface area contributed by atoms with Gasteiger partial charge < -0.3 is 4.90 Å². The van der Waals surface area contributed by atoms with Crippen molar-refractivity contribution in [2.45, 2.75) is 38.1 Å². The van der Waals surface area contributed by atoms with Crippen molar-refractivity contribution < 1.29 is 13.2 Å². The fraction of sp³-hybridized carbons (Fsp3) is 0.643. The summed E-state index contributed by atoms with van der Waals surface area (Å²) < 4.78 is 24.1. The first-order chi connectivity index (χ1) is 9.89. The van der Waals surface area contributed by atoms with E-state index in [1.165, 1.54) is 13.5 Å². The highest BCUT2D eigenvalue weighted by molar-refractivity contribution is 7.88. The van der Waals surface area contributed by atoms with Gasteiger partial charge in [0.2, 0.25) is 15.9 Å². The molecule has 0 saturated heterocycles. The van der Waals surface area contributed by atoms with Crippen molar-refractivity contribution in [2.24, 2.45) is 0 Å². The molecule has 0 atom stereocenters. The number of carbonyl (C=O) groups excluding carboxylic acids is 1. The van der Waals surface area contributed by atoms with Gasteiger partial charge in [-0.2, -0.15) is 15.6 Å². The maximum Gasteiger partial charge on any atom is 0.242 e. The lowest BCUT2D eigenvalue weighted by molar-refractivity contribution is -0.119. The first-order valence-electron chi connectivity index (χ1n) is 7.15. The third-order valence-electron chi connectivity index (χ3n) is 3.92. The predicted octanol–water partition coefficient (Wildman–Crippen LogP) is 2.31. The Kier molecular flexibility index (Phi) is 5.40. The van der Waals surface area contributed by atoms with Gasteiger partial charge in [0.05, 0.1) is 18.5 Å². The smallest absolute Gasteiger partial charge is 0.242 e. The molecule has 1 heterocycles. The van der Waals surface area contributed by atoms with E-state index in [1.807, 2.05) is 16.8 Å². The molecular formula is C14H22N2O3S2. The lowest BCUT2D eigenvalue weighted by atomic mass is 9.94. The molecule has 1 aromatic rings. The maximum absolute atomic E-state index is 12.6. The Morgan fingerprint density at radius 3 is 2.52 bits per heavy atom. The second-order valence-electron chi connectivity index (χ2n) is 5.56. The van der Waals surface area contributed by atoms with Gasteiger partial charge in [-0.1, -0.05) is 19.3 Å². The molecule has 1 aromatic heterocycles. The lowest BCUT2D eigenvalue weighted by Crippen LogP contribution is -2.46. The van der Waals surface area contributed by atoms with E-state index < -0.39 is 10.0 Å². The third-order valence-corrected chi connectivity index (χ3v) is 5.85. The molecule has 0 bridgehead atoms. The van der Waals surface area contributed by atoms with Crippen LogP contribution in [0, 0.1) is 0 Å². The molecule has 0 N–H and O–H groups in total. The van der Waals surface area contributed by atoms with Crippen LogP contribution in [0.25, 0.3) is 0 Å². The molecular weight excluding hydrogens is 308 g/mol. The van der Waals surface area contributed by atoms with Crippen LogP contribution in [0.2, 0.25) is 0 Å². The zero-order chi connectivity index (χ0) is 15.5. The molecule has 2 rings (SSSR count). The first-order valence-corrected chi connectivity index (χ1v) is 9.94. The van der Waals surface area contributed by atoms with Crippen LogP contribution in [-0.2, 0) is 14.8 Å². The summed E-state index contributed by atoms with van der Waals surface area (Å²) in [7, 11) is -1.90. The van der Waals surface area contributed by atoms with Crippen LogP contribution in [0.5, 0.6) is 0 Å².